The van der Waals surface area contributed by atoms with Crippen molar-refractivity contribution in [2.45, 2.75) is 57.4 Å². The molecule has 0 saturated heterocycles. The van der Waals surface area contributed by atoms with Crippen molar-refractivity contribution < 1.29 is 13.3 Å². The summed E-state index contributed by atoms with van der Waals surface area (Å²) in [6.07, 6.45) is 3.46. The molecule has 1 saturated carbocycles. The summed E-state index contributed by atoms with van der Waals surface area (Å²) in [5.74, 6) is 0.578. The highest BCUT2D eigenvalue weighted by Gasteiger charge is 2.33. The second kappa shape index (κ2) is 6.57. The van der Waals surface area contributed by atoms with Crippen molar-refractivity contribution in [2.75, 3.05) is 0 Å². The average Bonchev–Trinajstić information content (AvgIpc) is 2.46. The molecule has 0 atom stereocenters. The van der Waals surface area contributed by atoms with Crippen LogP contribution in [-0.4, -0.2) is 19.4 Å². The van der Waals surface area contributed by atoms with E-state index in [4.69, 9.17) is 0 Å². The Morgan fingerprint density at radius 3 is 2.22 bits per heavy atom. The number of sulfonamides is 1. The third-order valence-electron chi connectivity index (χ3n) is 4.63. The largest absolute Gasteiger partial charge is 0.289 e. The van der Waals surface area contributed by atoms with Gasteiger partial charge in [-0.2, -0.15) is 0 Å². The lowest BCUT2D eigenvalue weighted by Gasteiger charge is -2.37. The maximum absolute atomic E-state index is 12.5. The predicted molar refractivity (Wildman–Crippen MR) is 88.6 cm³/mol. The Balaban J connectivity index is 2.11. The summed E-state index contributed by atoms with van der Waals surface area (Å²) in [6, 6.07) is 5.30. The van der Waals surface area contributed by atoms with Crippen LogP contribution in [0.5, 0.6) is 0 Å². The van der Waals surface area contributed by atoms with Crippen LogP contribution in [0.1, 0.15) is 46.5 Å². The van der Waals surface area contributed by atoms with Crippen LogP contribution in [0.2, 0.25) is 0 Å². The van der Waals surface area contributed by atoms with E-state index in [0.717, 1.165) is 25.7 Å². The topological polar surface area (TPSA) is 89.3 Å². The molecule has 1 N–H and O–H groups in total. The van der Waals surface area contributed by atoms with Crippen molar-refractivity contribution in [1.82, 2.24) is 4.72 Å². The number of rotatable bonds is 4. The maximum atomic E-state index is 12.5. The first-order chi connectivity index (χ1) is 10.6. The molecule has 2 rings (SSSR count). The zero-order valence-electron chi connectivity index (χ0n) is 13.8. The molecule has 7 heteroatoms. The van der Waals surface area contributed by atoms with Crippen LogP contribution in [0.3, 0.4) is 0 Å². The van der Waals surface area contributed by atoms with Crippen molar-refractivity contribution in [1.29, 1.82) is 0 Å². The van der Waals surface area contributed by atoms with Gasteiger partial charge in [-0.05, 0) is 43.1 Å². The van der Waals surface area contributed by atoms with Gasteiger partial charge >= 0.3 is 0 Å². The van der Waals surface area contributed by atoms with Gasteiger partial charge in [-0.1, -0.05) is 32.9 Å². The molecule has 0 bridgehead atoms. The number of hydrogen-bond acceptors (Lipinski definition) is 4. The van der Waals surface area contributed by atoms with Gasteiger partial charge in [0.1, 0.15) is 0 Å². The Morgan fingerprint density at radius 2 is 1.70 bits per heavy atom. The van der Waals surface area contributed by atoms with E-state index >= 15 is 0 Å². The molecular weight excluding hydrogens is 316 g/mol. The SMILES string of the molecule is CC(C)(C)C1CCC(NS(=O)(=O)c2ccccc2[N+](=O)[O-])CC1. The minimum Gasteiger partial charge on any atom is -0.258 e. The zero-order valence-corrected chi connectivity index (χ0v) is 14.6. The van der Waals surface area contributed by atoms with E-state index in [9.17, 15) is 18.5 Å². The van der Waals surface area contributed by atoms with Crippen LogP contribution in [0.25, 0.3) is 0 Å². The van der Waals surface area contributed by atoms with Crippen molar-refractivity contribution in [2.24, 2.45) is 11.3 Å². The summed E-state index contributed by atoms with van der Waals surface area (Å²) in [5, 5.41) is 11.0. The molecule has 23 heavy (non-hydrogen) atoms. The first-order valence-corrected chi connectivity index (χ1v) is 9.35. The second-order valence-corrected chi connectivity index (χ2v) is 8.94. The number of nitrogens with zero attached hydrogens (tertiary/aromatic N) is 1. The van der Waals surface area contributed by atoms with Crippen molar-refractivity contribution >= 4 is 15.7 Å². The Morgan fingerprint density at radius 1 is 1.13 bits per heavy atom. The molecule has 6 nitrogen and oxygen atoms in total. The molecule has 0 radical (unpaired) electrons. The van der Waals surface area contributed by atoms with Crippen LogP contribution in [-0.2, 0) is 10.0 Å². The summed E-state index contributed by atoms with van der Waals surface area (Å²) in [5.41, 5.74) is -0.161. The van der Waals surface area contributed by atoms with E-state index in [2.05, 4.69) is 25.5 Å². The molecule has 0 aliphatic heterocycles. The van der Waals surface area contributed by atoms with Gasteiger partial charge < -0.3 is 0 Å². The summed E-state index contributed by atoms with van der Waals surface area (Å²) in [4.78, 5) is 10.1. The van der Waals surface area contributed by atoms with E-state index in [1.165, 1.54) is 24.3 Å². The van der Waals surface area contributed by atoms with Crippen molar-refractivity contribution in [3.8, 4) is 0 Å². The smallest absolute Gasteiger partial charge is 0.258 e. The Kier molecular flexibility index (Phi) is 5.10. The summed E-state index contributed by atoms with van der Waals surface area (Å²) in [6.45, 7) is 6.61. The molecule has 0 unspecified atom stereocenters. The summed E-state index contributed by atoms with van der Waals surface area (Å²) >= 11 is 0. The number of hydrogen-bond donors (Lipinski definition) is 1. The lowest BCUT2D eigenvalue weighted by atomic mass is 9.71. The molecule has 1 aliphatic carbocycles. The predicted octanol–water partition coefficient (Wildman–Crippen LogP) is 3.48. The highest BCUT2D eigenvalue weighted by Crippen LogP contribution is 2.38. The number of nitro benzene ring substituents is 1. The van der Waals surface area contributed by atoms with Gasteiger partial charge in [-0.15, -0.1) is 0 Å². The van der Waals surface area contributed by atoms with Gasteiger partial charge in [0.25, 0.3) is 5.69 Å². The molecule has 1 aromatic rings. The quantitative estimate of drug-likeness (QED) is 0.671. The summed E-state index contributed by atoms with van der Waals surface area (Å²) < 4.78 is 27.6. The van der Waals surface area contributed by atoms with Crippen LogP contribution in [0.15, 0.2) is 29.2 Å². The lowest BCUT2D eigenvalue weighted by molar-refractivity contribution is -0.387. The van der Waals surface area contributed by atoms with E-state index in [1.807, 2.05) is 0 Å². The molecular formula is C16H24N2O4S. The number of nitrogens with one attached hydrogen (secondary N) is 1. The Bertz CT molecular complexity index is 672. The molecule has 128 valence electrons. The van der Waals surface area contributed by atoms with Gasteiger partial charge in [0.2, 0.25) is 10.0 Å². The first kappa shape index (κ1) is 17.9. The molecule has 1 aliphatic rings. The fourth-order valence-corrected chi connectivity index (χ4v) is 4.67. The van der Waals surface area contributed by atoms with Gasteiger partial charge in [0, 0.05) is 12.1 Å². The number of nitro groups is 1. The fourth-order valence-electron chi connectivity index (χ4n) is 3.20. The molecule has 1 fully saturated rings. The van der Waals surface area contributed by atoms with Gasteiger partial charge in [0.05, 0.1) is 4.92 Å². The van der Waals surface area contributed by atoms with E-state index in [1.54, 1.807) is 0 Å². The second-order valence-electron chi connectivity index (χ2n) is 7.26. The molecule has 0 aromatic heterocycles. The lowest BCUT2D eigenvalue weighted by Crippen LogP contribution is -2.39. The molecule has 0 heterocycles. The van der Waals surface area contributed by atoms with Crippen LogP contribution >= 0.6 is 0 Å². The summed E-state index contributed by atoms with van der Waals surface area (Å²) in [7, 11) is -3.88. The van der Waals surface area contributed by atoms with E-state index < -0.39 is 14.9 Å². The highest BCUT2D eigenvalue weighted by atomic mass is 32.2. The molecule has 0 amide bonds. The zero-order chi connectivity index (χ0) is 17.3. The normalized spacial score (nSPS) is 22.7. The fraction of sp³-hybridized carbons (Fsp3) is 0.625. The third-order valence-corrected chi connectivity index (χ3v) is 6.19. The van der Waals surface area contributed by atoms with Crippen molar-refractivity contribution in [3.63, 3.8) is 0 Å². The van der Waals surface area contributed by atoms with Crippen LogP contribution in [0, 0.1) is 21.4 Å². The minimum atomic E-state index is -3.88. The standard InChI is InChI=1S/C16H24N2O4S/c1-16(2,3)12-8-10-13(11-9-12)17-23(21,22)15-7-5-4-6-14(15)18(19)20/h4-7,12-13,17H,8-11H2,1-3H3. The maximum Gasteiger partial charge on any atom is 0.289 e. The third kappa shape index (κ3) is 4.29. The Hall–Kier alpha value is -1.47. The van der Waals surface area contributed by atoms with Crippen LogP contribution in [0.4, 0.5) is 5.69 Å². The average molecular weight is 340 g/mol. The van der Waals surface area contributed by atoms with Gasteiger partial charge in [-0.25, -0.2) is 13.1 Å². The highest BCUT2D eigenvalue weighted by molar-refractivity contribution is 7.89. The van der Waals surface area contributed by atoms with Gasteiger partial charge in [0.15, 0.2) is 4.90 Å². The number of benzene rings is 1. The first-order valence-electron chi connectivity index (χ1n) is 7.87. The van der Waals surface area contributed by atoms with E-state index in [-0.39, 0.29) is 22.0 Å². The van der Waals surface area contributed by atoms with Crippen LogP contribution < -0.4 is 4.72 Å². The van der Waals surface area contributed by atoms with Crippen molar-refractivity contribution in [3.05, 3.63) is 34.4 Å². The van der Waals surface area contributed by atoms with E-state index in [0.29, 0.717) is 5.92 Å². The molecule has 1 aromatic carbocycles. The Labute approximate surface area is 137 Å². The molecule has 0 spiro atoms. The monoisotopic (exact) mass is 340 g/mol. The minimum absolute atomic E-state index is 0.154. The van der Waals surface area contributed by atoms with Gasteiger partial charge in [-0.3, -0.25) is 10.1 Å². The number of para-hydroxylation sites is 1.